The molecule has 0 bridgehead atoms. The summed E-state index contributed by atoms with van der Waals surface area (Å²) in [5.74, 6) is 3.20. The molecule has 15 heteroatoms. The largest absolute Gasteiger partial charge is 0.434 e. The van der Waals surface area contributed by atoms with Gasteiger partial charge in [-0.15, -0.1) is 0 Å². The van der Waals surface area contributed by atoms with E-state index in [1.807, 2.05) is 0 Å². The van der Waals surface area contributed by atoms with E-state index in [-0.39, 0.29) is 28.8 Å². The molecule has 35 heavy (non-hydrogen) atoms. The van der Waals surface area contributed by atoms with Crippen molar-refractivity contribution in [1.82, 2.24) is 9.91 Å². The molecular formula is C20H12ClF10N3O. The van der Waals surface area contributed by atoms with Crippen LogP contribution in [0.25, 0.3) is 0 Å². The highest BCUT2D eigenvalue weighted by atomic mass is 35.5. The van der Waals surface area contributed by atoms with Gasteiger partial charge < -0.3 is 4.90 Å². The van der Waals surface area contributed by atoms with Crippen LogP contribution < -0.4 is 5.84 Å². The van der Waals surface area contributed by atoms with Gasteiger partial charge in [-0.3, -0.25) is 9.80 Å². The van der Waals surface area contributed by atoms with Gasteiger partial charge in [0.05, 0.1) is 11.1 Å². The molecule has 0 radical (unpaired) electrons. The maximum absolute atomic E-state index is 13.8. The van der Waals surface area contributed by atoms with Crippen LogP contribution in [0, 0.1) is 5.82 Å². The molecule has 3 rings (SSSR count). The van der Waals surface area contributed by atoms with Crippen molar-refractivity contribution < 1.29 is 48.7 Å². The predicted octanol–water partition coefficient (Wildman–Crippen LogP) is 6.09. The Bertz CT molecular complexity index is 1160. The summed E-state index contributed by atoms with van der Waals surface area (Å²) in [6, 6.07) is 4.22. The number of rotatable bonds is 3. The van der Waals surface area contributed by atoms with Gasteiger partial charge in [-0.2, -0.15) is 39.5 Å². The standard InChI is InChI=1S/C20H12ClF10N3O/c21-14-15(20(29,30)31)34(32)16(33(17(14)35)8-9-1-4-11(22)5-2-9)12-6-3-10(18(23,24)25)7-13(12)19(26,27)28/h1-7,16H,8,32H2. The van der Waals surface area contributed by atoms with E-state index in [4.69, 9.17) is 17.4 Å². The molecule has 0 aliphatic carbocycles. The molecule has 1 aliphatic heterocycles. The number of nitrogens with two attached hydrogens (primary N) is 1. The highest BCUT2D eigenvalue weighted by molar-refractivity contribution is 6.42. The average Bonchev–Trinajstić information content (AvgIpc) is 2.71. The monoisotopic (exact) mass is 535 g/mol. The van der Waals surface area contributed by atoms with E-state index < -0.39 is 70.4 Å². The van der Waals surface area contributed by atoms with Gasteiger partial charge in [-0.1, -0.05) is 29.8 Å². The molecule has 1 atom stereocenters. The first-order chi connectivity index (χ1) is 15.9. The fourth-order valence-electron chi connectivity index (χ4n) is 3.46. The summed E-state index contributed by atoms with van der Waals surface area (Å²) in [7, 11) is 0. The fourth-order valence-corrected chi connectivity index (χ4v) is 3.77. The average molecular weight is 536 g/mol. The number of amides is 1. The predicted molar refractivity (Wildman–Crippen MR) is 101 cm³/mol. The Kier molecular flexibility index (Phi) is 6.76. The third kappa shape index (κ3) is 5.32. The Morgan fingerprint density at radius 3 is 1.91 bits per heavy atom. The molecule has 0 saturated carbocycles. The van der Waals surface area contributed by atoms with E-state index >= 15 is 0 Å². The van der Waals surface area contributed by atoms with Gasteiger partial charge in [0.2, 0.25) is 0 Å². The molecule has 0 saturated heterocycles. The molecule has 190 valence electrons. The number of nitrogens with zero attached hydrogens (tertiary/aromatic N) is 2. The number of benzene rings is 2. The van der Waals surface area contributed by atoms with Crippen molar-refractivity contribution in [3.63, 3.8) is 0 Å². The van der Waals surface area contributed by atoms with Crippen molar-refractivity contribution in [2.75, 3.05) is 0 Å². The Balaban J connectivity index is 2.27. The van der Waals surface area contributed by atoms with Crippen molar-refractivity contribution >= 4 is 17.5 Å². The van der Waals surface area contributed by atoms with Crippen LogP contribution in [-0.2, 0) is 23.7 Å². The SMILES string of the molecule is NN1C(C(F)(F)F)=C(Cl)C(=O)N(Cc2ccc(F)cc2)C1c1ccc(C(F)(F)F)cc1C(F)(F)F. The first kappa shape index (κ1) is 26.6. The maximum Gasteiger partial charge on any atom is 0.434 e. The molecule has 2 aromatic carbocycles. The van der Waals surface area contributed by atoms with Gasteiger partial charge >= 0.3 is 18.5 Å². The Labute approximate surface area is 195 Å². The van der Waals surface area contributed by atoms with Gasteiger partial charge in [0.1, 0.15) is 17.0 Å². The summed E-state index contributed by atoms with van der Waals surface area (Å²) < 4.78 is 135. The quantitative estimate of drug-likeness (QED) is 0.382. The minimum atomic E-state index is -5.48. The van der Waals surface area contributed by atoms with Crippen LogP contribution in [0.3, 0.4) is 0 Å². The highest BCUT2D eigenvalue weighted by Gasteiger charge is 2.51. The van der Waals surface area contributed by atoms with E-state index in [9.17, 15) is 48.7 Å². The first-order valence-electron chi connectivity index (χ1n) is 9.27. The van der Waals surface area contributed by atoms with Crippen LogP contribution in [0.5, 0.6) is 0 Å². The zero-order valence-corrected chi connectivity index (χ0v) is 17.6. The molecule has 2 aromatic rings. The summed E-state index contributed by atoms with van der Waals surface area (Å²) in [6.07, 6.45) is -18.5. The van der Waals surface area contributed by atoms with Gasteiger partial charge in [-0.25, -0.2) is 10.2 Å². The van der Waals surface area contributed by atoms with Crippen molar-refractivity contribution in [3.05, 3.63) is 81.3 Å². The van der Waals surface area contributed by atoms with Gasteiger partial charge in [0, 0.05) is 12.1 Å². The lowest BCUT2D eigenvalue weighted by molar-refractivity contribution is -0.155. The van der Waals surface area contributed by atoms with Crippen molar-refractivity contribution in [2.24, 2.45) is 5.84 Å². The minimum Gasteiger partial charge on any atom is -0.308 e. The molecule has 1 heterocycles. The fraction of sp³-hybridized carbons (Fsp3) is 0.250. The third-order valence-electron chi connectivity index (χ3n) is 4.97. The van der Waals surface area contributed by atoms with E-state index in [2.05, 4.69) is 0 Å². The Morgan fingerprint density at radius 2 is 1.43 bits per heavy atom. The van der Waals surface area contributed by atoms with Gasteiger partial charge in [-0.05, 0) is 29.8 Å². The summed E-state index contributed by atoms with van der Waals surface area (Å²) in [5, 5.41) is -1.73. The maximum atomic E-state index is 13.8. The summed E-state index contributed by atoms with van der Waals surface area (Å²) >= 11 is 5.58. The van der Waals surface area contributed by atoms with Crippen LogP contribution in [0.2, 0.25) is 0 Å². The van der Waals surface area contributed by atoms with E-state index in [0.717, 1.165) is 24.3 Å². The molecule has 0 spiro atoms. The molecule has 4 nitrogen and oxygen atoms in total. The zero-order valence-electron chi connectivity index (χ0n) is 16.9. The Hall–Kier alpha value is -3.00. The minimum absolute atomic E-state index is 0.0542. The van der Waals surface area contributed by atoms with E-state index in [0.29, 0.717) is 4.90 Å². The van der Waals surface area contributed by atoms with Crippen LogP contribution in [0.1, 0.15) is 28.4 Å². The van der Waals surface area contributed by atoms with Gasteiger partial charge in [0.25, 0.3) is 5.91 Å². The molecular weight excluding hydrogens is 524 g/mol. The topological polar surface area (TPSA) is 49.6 Å². The first-order valence-corrected chi connectivity index (χ1v) is 9.65. The molecule has 0 fully saturated rings. The number of carbonyl (C=O) groups is 1. The number of carbonyl (C=O) groups excluding carboxylic acids is 1. The summed E-state index contributed by atoms with van der Waals surface area (Å²) in [4.78, 5) is 13.2. The van der Waals surface area contributed by atoms with E-state index in [1.54, 1.807) is 0 Å². The van der Waals surface area contributed by atoms with Crippen LogP contribution in [0.4, 0.5) is 43.9 Å². The van der Waals surface area contributed by atoms with E-state index in [1.165, 1.54) is 0 Å². The van der Waals surface area contributed by atoms with Crippen molar-refractivity contribution in [1.29, 1.82) is 0 Å². The highest BCUT2D eigenvalue weighted by Crippen LogP contribution is 2.46. The second-order valence-electron chi connectivity index (χ2n) is 7.30. The smallest absolute Gasteiger partial charge is 0.308 e. The Morgan fingerprint density at radius 1 is 0.857 bits per heavy atom. The van der Waals surface area contributed by atoms with Crippen LogP contribution in [-0.4, -0.2) is 22.0 Å². The zero-order chi connectivity index (χ0) is 26.5. The van der Waals surface area contributed by atoms with Crippen molar-refractivity contribution in [3.8, 4) is 0 Å². The molecule has 1 unspecified atom stereocenters. The van der Waals surface area contributed by atoms with Crippen molar-refractivity contribution in [2.45, 2.75) is 31.2 Å². The second-order valence-corrected chi connectivity index (χ2v) is 7.68. The molecule has 0 aromatic heterocycles. The van der Waals surface area contributed by atoms with Crippen LogP contribution in [0.15, 0.2) is 53.2 Å². The third-order valence-corrected chi connectivity index (χ3v) is 5.31. The normalized spacial score (nSPS) is 17.9. The number of allylic oxidation sites excluding steroid dienone is 1. The number of alkyl halides is 9. The summed E-state index contributed by atoms with van der Waals surface area (Å²) in [5.41, 5.74) is -6.80. The molecule has 2 N–H and O–H groups in total. The summed E-state index contributed by atoms with van der Waals surface area (Å²) in [6.45, 7) is -0.711. The number of hydrogen-bond acceptors (Lipinski definition) is 3. The molecule has 1 amide bonds. The van der Waals surface area contributed by atoms with Gasteiger partial charge in [0.15, 0.2) is 5.70 Å². The second kappa shape index (κ2) is 8.90. The number of hydrogen-bond donors (Lipinski definition) is 1. The lowest BCUT2D eigenvalue weighted by atomic mass is 9.97. The molecule has 1 aliphatic rings. The lowest BCUT2D eigenvalue weighted by Gasteiger charge is -2.44. The lowest BCUT2D eigenvalue weighted by Crippen LogP contribution is -2.54. The number of hydrazine groups is 1. The number of halogens is 11. The van der Waals surface area contributed by atoms with Crippen LogP contribution >= 0.6 is 11.6 Å².